The van der Waals surface area contributed by atoms with Gasteiger partial charge < -0.3 is 15.7 Å². The third kappa shape index (κ3) is 2.72. The highest BCUT2D eigenvalue weighted by molar-refractivity contribution is 5.84. The molecule has 1 fully saturated rings. The zero-order valence-electron chi connectivity index (χ0n) is 9.88. The Kier molecular flexibility index (Phi) is 4.29. The molecule has 1 atom stereocenters. The highest BCUT2D eigenvalue weighted by Crippen LogP contribution is 2.34. The van der Waals surface area contributed by atoms with E-state index in [-0.39, 0.29) is 30.2 Å². The monoisotopic (exact) mass is 228 g/mol. The third-order valence-electron chi connectivity index (χ3n) is 3.37. The van der Waals surface area contributed by atoms with Crippen molar-refractivity contribution in [3.05, 3.63) is 0 Å². The Bertz CT molecular complexity index is 270. The predicted molar refractivity (Wildman–Crippen MR) is 60.0 cm³/mol. The molecule has 92 valence electrons. The molecule has 0 aliphatic carbocycles. The molecule has 1 amide bonds. The smallest absolute Gasteiger partial charge is 0.305 e. The van der Waals surface area contributed by atoms with Crippen LogP contribution in [-0.4, -0.2) is 36.6 Å². The molecule has 0 aromatic heterocycles. The first-order valence-corrected chi connectivity index (χ1v) is 5.70. The van der Waals surface area contributed by atoms with E-state index in [9.17, 15) is 9.59 Å². The van der Waals surface area contributed by atoms with Gasteiger partial charge in [0.05, 0.1) is 11.8 Å². The topological polar surface area (TPSA) is 78.4 Å². The highest BCUT2D eigenvalue weighted by atomic mass is 16.4. The van der Waals surface area contributed by atoms with Crippen LogP contribution in [0.1, 0.15) is 26.7 Å². The molecule has 1 rings (SSSR count). The minimum atomic E-state index is -0.886. The van der Waals surface area contributed by atoms with Crippen LogP contribution in [0.2, 0.25) is 0 Å². The van der Waals surface area contributed by atoms with Crippen LogP contribution < -0.4 is 10.6 Å². The van der Waals surface area contributed by atoms with Gasteiger partial charge in [-0.3, -0.25) is 9.59 Å². The normalized spacial score (nSPS) is 24.7. The van der Waals surface area contributed by atoms with Crippen molar-refractivity contribution in [3.8, 4) is 0 Å². The molecule has 0 aromatic rings. The van der Waals surface area contributed by atoms with Gasteiger partial charge in [-0.1, -0.05) is 13.8 Å². The van der Waals surface area contributed by atoms with Crippen LogP contribution in [0.5, 0.6) is 0 Å². The van der Waals surface area contributed by atoms with Crippen molar-refractivity contribution in [1.82, 2.24) is 10.6 Å². The Morgan fingerprint density at radius 3 is 2.62 bits per heavy atom. The molecule has 1 heterocycles. The van der Waals surface area contributed by atoms with E-state index in [1.807, 2.05) is 13.8 Å². The summed E-state index contributed by atoms with van der Waals surface area (Å²) in [4.78, 5) is 22.4. The SMILES string of the molecule is CC(C)C1(C(=O)NCCC(=O)O)CCNC1. The number of carbonyl (C=O) groups is 2. The van der Waals surface area contributed by atoms with E-state index in [1.165, 1.54) is 0 Å². The zero-order chi connectivity index (χ0) is 12.2. The molecule has 16 heavy (non-hydrogen) atoms. The molecular weight excluding hydrogens is 208 g/mol. The van der Waals surface area contributed by atoms with E-state index >= 15 is 0 Å². The van der Waals surface area contributed by atoms with E-state index in [2.05, 4.69) is 10.6 Å². The number of carboxylic acids is 1. The van der Waals surface area contributed by atoms with Gasteiger partial charge >= 0.3 is 5.97 Å². The van der Waals surface area contributed by atoms with Crippen LogP contribution in [-0.2, 0) is 9.59 Å². The van der Waals surface area contributed by atoms with Gasteiger partial charge in [0.2, 0.25) is 5.91 Å². The molecule has 0 saturated carbocycles. The summed E-state index contributed by atoms with van der Waals surface area (Å²) < 4.78 is 0. The van der Waals surface area contributed by atoms with Gasteiger partial charge in [0.25, 0.3) is 0 Å². The fourth-order valence-electron chi connectivity index (χ4n) is 2.12. The summed E-state index contributed by atoms with van der Waals surface area (Å²) in [7, 11) is 0. The Hall–Kier alpha value is -1.10. The van der Waals surface area contributed by atoms with Crippen molar-refractivity contribution in [1.29, 1.82) is 0 Å². The standard InChI is InChI=1S/C11H20N2O3/c1-8(2)11(4-6-12-7-11)10(16)13-5-3-9(14)15/h8,12H,3-7H2,1-2H3,(H,13,16)(H,14,15). The highest BCUT2D eigenvalue weighted by Gasteiger charge is 2.43. The Labute approximate surface area is 95.6 Å². The summed E-state index contributed by atoms with van der Waals surface area (Å²) in [5.74, 6) is -0.649. The molecular formula is C11H20N2O3. The molecule has 0 aromatic carbocycles. The van der Waals surface area contributed by atoms with E-state index in [0.29, 0.717) is 6.54 Å². The van der Waals surface area contributed by atoms with Crippen molar-refractivity contribution in [2.45, 2.75) is 26.7 Å². The maximum absolute atomic E-state index is 12.0. The number of amides is 1. The van der Waals surface area contributed by atoms with E-state index in [4.69, 9.17) is 5.11 Å². The number of rotatable bonds is 5. The minimum absolute atomic E-state index is 0.0197. The van der Waals surface area contributed by atoms with E-state index in [1.54, 1.807) is 0 Å². The predicted octanol–water partition coefficient (Wildman–Crippen LogP) is 0.213. The maximum Gasteiger partial charge on any atom is 0.305 e. The summed E-state index contributed by atoms with van der Waals surface area (Å²) in [6.45, 7) is 5.81. The van der Waals surface area contributed by atoms with Crippen molar-refractivity contribution in [3.63, 3.8) is 0 Å². The largest absolute Gasteiger partial charge is 0.481 e. The van der Waals surface area contributed by atoms with Crippen molar-refractivity contribution in [2.24, 2.45) is 11.3 Å². The first kappa shape index (κ1) is 13.0. The van der Waals surface area contributed by atoms with Gasteiger partial charge in [-0.2, -0.15) is 0 Å². The maximum atomic E-state index is 12.0. The molecule has 3 N–H and O–H groups in total. The van der Waals surface area contributed by atoms with Crippen molar-refractivity contribution < 1.29 is 14.7 Å². The minimum Gasteiger partial charge on any atom is -0.481 e. The fraction of sp³-hybridized carbons (Fsp3) is 0.818. The van der Waals surface area contributed by atoms with Crippen LogP contribution in [0.3, 0.4) is 0 Å². The quantitative estimate of drug-likeness (QED) is 0.628. The second-order valence-corrected chi connectivity index (χ2v) is 4.64. The molecule has 0 radical (unpaired) electrons. The molecule has 1 aliphatic rings. The number of hydrogen-bond donors (Lipinski definition) is 3. The number of aliphatic carboxylic acids is 1. The molecule has 5 heteroatoms. The number of hydrogen-bond acceptors (Lipinski definition) is 3. The number of nitrogens with one attached hydrogen (secondary N) is 2. The lowest BCUT2D eigenvalue weighted by atomic mass is 9.75. The van der Waals surface area contributed by atoms with Crippen LogP contribution in [0.25, 0.3) is 0 Å². The molecule has 0 spiro atoms. The first-order valence-electron chi connectivity index (χ1n) is 5.70. The Balaban J connectivity index is 2.52. The number of carbonyl (C=O) groups excluding carboxylic acids is 1. The van der Waals surface area contributed by atoms with Gasteiger partial charge in [-0.25, -0.2) is 0 Å². The molecule has 5 nitrogen and oxygen atoms in total. The first-order chi connectivity index (χ1) is 7.49. The van der Waals surface area contributed by atoms with E-state index in [0.717, 1.165) is 13.0 Å². The zero-order valence-corrected chi connectivity index (χ0v) is 9.88. The lowest BCUT2D eigenvalue weighted by Gasteiger charge is -2.30. The van der Waals surface area contributed by atoms with Gasteiger partial charge in [0, 0.05) is 13.1 Å². The lowest BCUT2D eigenvalue weighted by Crippen LogP contribution is -2.46. The van der Waals surface area contributed by atoms with Gasteiger partial charge in [-0.15, -0.1) is 0 Å². The summed E-state index contributed by atoms with van der Waals surface area (Å²) in [5, 5.41) is 14.4. The van der Waals surface area contributed by atoms with Crippen LogP contribution >= 0.6 is 0 Å². The second kappa shape index (κ2) is 5.30. The van der Waals surface area contributed by atoms with E-state index < -0.39 is 5.97 Å². The summed E-state index contributed by atoms with van der Waals surface area (Å²) in [6, 6.07) is 0. The van der Waals surface area contributed by atoms with Gasteiger partial charge in [0.15, 0.2) is 0 Å². The summed E-state index contributed by atoms with van der Waals surface area (Å²) in [6.07, 6.45) is 0.802. The lowest BCUT2D eigenvalue weighted by molar-refractivity contribution is -0.137. The van der Waals surface area contributed by atoms with Gasteiger partial charge in [-0.05, 0) is 18.9 Å². The fourth-order valence-corrected chi connectivity index (χ4v) is 2.12. The van der Waals surface area contributed by atoms with Crippen LogP contribution in [0.4, 0.5) is 0 Å². The average molecular weight is 228 g/mol. The van der Waals surface area contributed by atoms with Crippen molar-refractivity contribution in [2.75, 3.05) is 19.6 Å². The Morgan fingerprint density at radius 2 is 2.19 bits per heavy atom. The average Bonchev–Trinajstić information content (AvgIpc) is 2.66. The van der Waals surface area contributed by atoms with Crippen LogP contribution in [0, 0.1) is 11.3 Å². The summed E-state index contributed by atoms with van der Waals surface area (Å²) in [5.41, 5.74) is -0.363. The van der Waals surface area contributed by atoms with Crippen LogP contribution in [0.15, 0.2) is 0 Å². The van der Waals surface area contributed by atoms with Crippen molar-refractivity contribution >= 4 is 11.9 Å². The molecule has 1 unspecified atom stereocenters. The molecule has 1 saturated heterocycles. The second-order valence-electron chi connectivity index (χ2n) is 4.64. The van der Waals surface area contributed by atoms with Gasteiger partial charge in [0.1, 0.15) is 0 Å². The third-order valence-corrected chi connectivity index (χ3v) is 3.37. The Morgan fingerprint density at radius 1 is 1.50 bits per heavy atom. The molecule has 1 aliphatic heterocycles. The molecule has 0 bridgehead atoms. The number of carboxylic acid groups (broad SMARTS) is 1. The summed E-state index contributed by atoms with van der Waals surface area (Å²) >= 11 is 0.